The van der Waals surface area contributed by atoms with Crippen molar-refractivity contribution in [3.05, 3.63) is 71.8 Å². The molecule has 8 heteroatoms. The zero-order valence-electron chi connectivity index (χ0n) is 17.0. The second kappa shape index (κ2) is 9.86. The minimum Gasteiger partial charge on any atom is -0.352 e. The van der Waals surface area contributed by atoms with Crippen molar-refractivity contribution in [3.8, 4) is 0 Å². The van der Waals surface area contributed by atoms with Crippen LogP contribution >= 0.6 is 0 Å². The van der Waals surface area contributed by atoms with E-state index in [0.717, 1.165) is 12.0 Å². The van der Waals surface area contributed by atoms with E-state index in [9.17, 15) is 18.0 Å². The third-order valence-electron chi connectivity index (χ3n) is 5.15. The molecular formula is C22H27N3O4S. The zero-order valence-corrected chi connectivity index (χ0v) is 17.8. The normalized spacial score (nSPS) is 18.4. The van der Waals surface area contributed by atoms with Crippen LogP contribution in [-0.4, -0.2) is 49.9 Å². The predicted octanol–water partition coefficient (Wildman–Crippen LogP) is 2.09. The Morgan fingerprint density at radius 2 is 1.70 bits per heavy atom. The first-order valence-electron chi connectivity index (χ1n) is 9.98. The molecule has 1 saturated heterocycles. The van der Waals surface area contributed by atoms with E-state index in [0.29, 0.717) is 18.5 Å². The quantitative estimate of drug-likeness (QED) is 0.705. The highest BCUT2D eigenvalue weighted by Crippen LogP contribution is 2.19. The van der Waals surface area contributed by atoms with Gasteiger partial charge >= 0.3 is 0 Å². The first-order chi connectivity index (χ1) is 14.3. The number of rotatable bonds is 7. The maximum atomic E-state index is 12.7. The molecule has 2 atom stereocenters. The summed E-state index contributed by atoms with van der Waals surface area (Å²) in [7, 11) is -3.28. The highest BCUT2D eigenvalue weighted by Gasteiger charge is 2.28. The van der Waals surface area contributed by atoms with E-state index < -0.39 is 16.1 Å². The molecule has 2 unspecified atom stereocenters. The van der Waals surface area contributed by atoms with Crippen molar-refractivity contribution in [2.24, 2.45) is 0 Å². The Balaban J connectivity index is 1.67. The Bertz CT molecular complexity index is 964. The number of amides is 2. The van der Waals surface area contributed by atoms with E-state index in [1.807, 2.05) is 36.4 Å². The van der Waals surface area contributed by atoms with Crippen LogP contribution < -0.4 is 10.6 Å². The Labute approximate surface area is 177 Å². The van der Waals surface area contributed by atoms with Gasteiger partial charge in [0.15, 0.2) is 0 Å². The SMILES string of the molecule is CS(=O)(=O)N1CCCC(NC(=O)CC(NC(=O)c2ccccc2)c2ccccc2)C1. The summed E-state index contributed by atoms with van der Waals surface area (Å²) in [6.45, 7) is 0.752. The largest absolute Gasteiger partial charge is 0.352 e. The van der Waals surface area contributed by atoms with Crippen molar-refractivity contribution in [2.75, 3.05) is 19.3 Å². The van der Waals surface area contributed by atoms with Gasteiger partial charge in [0.2, 0.25) is 15.9 Å². The minimum absolute atomic E-state index is 0.0674. The van der Waals surface area contributed by atoms with Gasteiger partial charge in [0.25, 0.3) is 5.91 Å². The number of benzene rings is 2. The topological polar surface area (TPSA) is 95.6 Å². The molecule has 2 aromatic rings. The van der Waals surface area contributed by atoms with E-state index in [2.05, 4.69) is 10.6 Å². The van der Waals surface area contributed by atoms with E-state index >= 15 is 0 Å². The van der Waals surface area contributed by atoms with Crippen molar-refractivity contribution in [1.82, 2.24) is 14.9 Å². The number of hydrogen-bond donors (Lipinski definition) is 2. The van der Waals surface area contributed by atoms with Gasteiger partial charge in [-0.25, -0.2) is 12.7 Å². The molecule has 0 aromatic heterocycles. The molecule has 7 nitrogen and oxygen atoms in total. The van der Waals surface area contributed by atoms with Crippen LogP contribution in [-0.2, 0) is 14.8 Å². The highest BCUT2D eigenvalue weighted by atomic mass is 32.2. The third kappa shape index (κ3) is 6.14. The number of carbonyl (C=O) groups is 2. The molecular weight excluding hydrogens is 402 g/mol. The zero-order chi connectivity index (χ0) is 21.6. The number of sulfonamides is 1. The smallest absolute Gasteiger partial charge is 0.251 e. The summed E-state index contributed by atoms with van der Waals surface area (Å²) in [6, 6.07) is 17.5. The lowest BCUT2D eigenvalue weighted by Gasteiger charge is -2.31. The summed E-state index contributed by atoms with van der Waals surface area (Å²) < 4.78 is 25.0. The van der Waals surface area contributed by atoms with Gasteiger partial charge in [-0.3, -0.25) is 9.59 Å². The molecule has 0 spiro atoms. The first kappa shape index (κ1) is 22.0. The minimum atomic E-state index is -3.28. The summed E-state index contributed by atoms with van der Waals surface area (Å²) in [4.78, 5) is 25.4. The molecule has 2 amide bonds. The second-order valence-corrected chi connectivity index (χ2v) is 9.52. The summed E-state index contributed by atoms with van der Waals surface area (Å²) in [6.07, 6.45) is 2.68. The van der Waals surface area contributed by atoms with Crippen LogP contribution in [0.3, 0.4) is 0 Å². The summed E-state index contributed by atoms with van der Waals surface area (Å²) in [5, 5.41) is 5.88. The number of nitrogens with zero attached hydrogens (tertiary/aromatic N) is 1. The highest BCUT2D eigenvalue weighted by molar-refractivity contribution is 7.88. The molecule has 1 aliphatic heterocycles. The van der Waals surface area contributed by atoms with Crippen LogP contribution in [0.1, 0.15) is 41.2 Å². The Morgan fingerprint density at radius 1 is 1.07 bits per heavy atom. The lowest BCUT2D eigenvalue weighted by molar-refractivity contribution is -0.122. The van der Waals surface area contributed by atoms with E-state index in [1.54, 1.807) is 24.3 Å². The van der Waals surface area contributed by atoms with Crippen LogP contribution in [0, 0.1) is 0 Å². The average Bonchev–Trinajstić information content (AvgIpc) is 2.74. The van der Waals surface area contributed by atoms with Gasteiger partial charge in [-0.2, -0.15) is 0 Å². The molecule has 30 heavy (non-hydrogen) atoms. The van der Waals surface area contributed by atoms with Crippen LogP contribution in [0.25, 0.3) is 0 Å². The van der Waals surface area contributed by atoms with Gasteiger partial charge in [0.05, 0.1) is 18.7 Å². The van der Waals surface area contributed by atoms with Gasteiger partial charge in [0.1, 0.15) is 0 Å². The number of nitrogens with one attached hydrogen (secondary N) is 2. The maximum absolute atomic E-state index is 12.7. The first-order valence-corrected chi connectivity index (χ1v) is 11.8. The number of carbonyl (C=O) groups excluding carboxylic acids is 2. The van der Waals surface area contributed by atoms with Crippen LogP contribution in [0.2, 0.25) is 0 Å². The van der Waals surface area contributed by atoms with Gasteiger partial charge in [-0.1, -0.05) is 48.5 Å². The fourth-order valence-electron chi connectivity index (χ4n) is 3.60. The monoisotopic (exact) mass is 429 g/mol. The van der Waals surface area contributed by atoms with Crippen molar-refractivity contribution in [3.63, 3.8) is 0 Å². The Hall–Kier alpha value is -2.71. The van der Waals surface area contributed by atoms with E-state index in [4.69, 9.17) is 0 Å². The van der Waals surface area contributed by atoms with Crippen molar-refractivity contribution in [1.29, 1.82) is 0 Å². The molecule has 2 aromatic carbocycles. The molecule has 0 bridgehead atoms. The molecule has 0 saturated carbocycles. The van der Waals surface area contributed by atoms with Crippen LogP contribution in [0.4, 0.5) is 0 Å². The molecule has 160 valence electrons. The molecule has 1 heterocycles. The summed E-state index contributed by atoms with van der Waals surface area (Å²) in [5.41, 5.74) is 1.35. The predicted molar refractivity (Wildman–Crippen MR) is 115 cm³/mol. The standard InChI is InChI=1S/C22H27N3O4S/c1-30(28,29)25-14-8-13-19(16-25)23-21(26)15-20(17-9-4-2-5-10-17)24-22(27)18-11-6-3-7-12-18/h2-7,9-12,19-20H,8,13-16H2,1H3,(H,23,26)(H,24,27). The van der Waals surface area contributed by atoms with Crippen molar-refractivity contribution < 1.29 is 18.0 Å². The number of piperidine rings is 1. The fraction of sp³-hybridized carbons (Fsp3) is 0.364. The summed E-state index contributed by atoms with van der Waals surface area (Å²) in [5.74, 6) is -0.476. The van der Waals surface area contributed by atoms with Crippen molar-refractivity contribution >= 4 is 21.8 Å². The van der Waals surface area contributed by atoms with Crippen molar-refractivity contribution in [2.45, 2.75) is 31.3 Å². The van der Waals surface area contributed by atoms with Crippen LogP contribution in [0.5, 0.6) is 0 Å². The van der Waals surface area contributed by atoms with Gasteiger partial charge in [-0.05, 0) is 30.5 Å². The third-order valence-corrected chi connectivity index (χ3v) is 6.42. The number of hydrogen-bond acceptors (Lipinski definition) is 4. The maximum Gasteiger partial charge on any atom is 0.251 e. The molecule has 0 aliphatic carbocycles. The lowest BCUT2D eigenvalue weighted by atomic mass is 10.0. The Kier molecular flexibility index (Phi) is 7.23. The van der Waals surface area contributed by atoms with Crippen LogP contribution in [0.15, 0.2) is 60.7 Å². The summed E-state index contributed by atoms with van der Waals surface area (Å²) >= 11 is 0. The second-order valence-electron chi connectivity index (χ2n) is 7.53. The lowest BCUT2D eigenvalue weighted by Crippen LogP contribution is -2.49. The van der Waals surface area contributed by atoms with E-state index in [-0.39, 0.29) is 30.8 Å². The van der Waals surface area contributed by atoms with Gasteiger partial charge in [0, 0.05) is 24.7 Å². The van der Waals surface area contributed by atoms with Gasteiger partial charge in [-0.15, -0.1) is 0 Å². The molecule has 3 rings (SSSR count). The molecule has 1 aliphatic rings. The van der Waals surface area contributed by atoms with Gasteiger partial charge < -0.3 is 10.6 Å². The Morgan fingerprint density at radius 3 is 2.33 bits per heavy atom. The molecule has 2 N–H and O–H groups in total. The van der Waals surface area contributed by atoms with E-state index in [1.165, 1.54) is 10.6 Å². The average molecular weight is 430 g/mol. The molecule has 1 fully saturated rings. The molecule has 0 radical (unpaired) electrons. The fourth-order valence-corrected chi connectivity index (χ4v) is 4.51.